The van der Waals surface area contributed by atoms with Crippen molar-refractivity contribution in [1.82, 2.24) is 9.62 Å². The summed E-state index contributed by atoms with van der Waals surface area (Å²) in [6.45, 7) is 8.73. The lowest BCUT2D eigenvalue weighted by atomic mass is 9.96. The third-order valence-corrected chi connectivity index (χ3v) is 6.81. The van der Waals surface area contributed by atoms with E-state index in [4.69, 9.17) is 0 Å². The first-order valence-corrected chi connectivity index (χ1v) is 11.4. The Bertz CT molecular complexity index is 895. The van der Waals surface area contributed by atoms with Gasteiger partial charge in [0.2, 0.25) is 15.9 Å². The third kappa shape index (κ3) is 6.13. The van der Waals surface area contributed by atoms with Gasteiger partial charge in [-0.1, -0.05) is 64.1 Å². The molecule has 0 aliphatic heterocycles. The van der Waals surface area contributed by atoms with Gasteiger partial charge in [0, 0.05) is 24.8 Å². The largest absolute Gasteiger partial charge is 0.325 e. The minimum absolute atomic E-state index is 0.0522. The van der Waals surface area contributed by atoms with Crippen LogP contribution in [0.3, 0.4) is 0 Å². The van der Waals surface area contributed by atoms with Crippen LogP contribution < -0.4 is 10.6 Å². The van der Waals surface area contributed by atoms with Gasteiger partial charge in [-0.2, -0.15) is 4.31 Å². The van der Waals surface area contributed by atoms with E-state index in [1.165, 1.54) is 10.4 Å². The molecule has 0 saturated carbocycles. The number of carbonyl (C=O) groups excluding carboxylic acids is 1. The second-order valence-corrected chi connectivity index (χ2v) is 9.12. The maximum Gasteiger partial charge on any atom is 0.243 e. The van der Waals surface area contributed by atoms with E-state index in [0.717, 1.165) is 5.56 Å². The number of amides is 1. The van der Waals surface area contributed by atoms with Crippen LogP contribution >= 0.6 is 0 Å². The van der Waals surface area contributed by atoms with Crippen LogP contribution in [0.25, 0.3) is 0 Å². The quantitative estimate of drug-likeness (QED) is 0.619. The molecule has 0 unspecified atom stereocenters. The number of anilines is 1. The molecule has 7 heteroatoms. The minimum atomic E-state index is -3.57. The fourth-order valence-corrected chi connectivity index (χ4v) is 4.76. The number of benzene rings is 2. The molecule has 158 valence electrons. The molecule has 0 bridgehead atoms. The molecule has 0 aliphatic rings. The number of carbonyl (C=O) groups is 1. The molecule has 0 radical (unpaired) electrons. The van der Waals surface area contributed by atoms with Crippen LogP contribution in [-0.4, -0.2) is 38.3 Å². The van der Waals surface area contributed by atoms with Crippen molar-refractivity contribution in [3.8, 4) is 0 Å². The zero-order valence-electron chi connectivity index (χ0n) is 17.6. The van der Waals surface area contributed by atoms with Crippen LogP contribution in [-0.2, 0) is 14.8 Å². The average molecular weight is 418 g/mol. The summed E-state index contributed by atoms with van der Waals surface area (Å²) in [6, 6.07) is 16.4. The van der Waals surface area contributed by atoms with Crippen molar-refractivity contribution in [2.45, 2.75) is 38.6 Å². The summed E-state index contributed by atoms with van der Waals surface area (Å²) >= 11 is 0. The molecule has 0 spiro atoms. The first kappa shape index (κ1) is 23.1. The first-order chi connectivity index (χ1) is 13.8. The van der Waals surface area contributed by atoms with Crippen molar-refractivity contribution in [3.63, 3.8) is 0 Å². The number of rotatable bonds is 10. The van der Waals surface area contributed by atoms with Crippen molar-refractivity contribution in [3.05, 3.63) is 60.2 Å². The predicted octanol–water partition coefficient (Wildman–Crippen LogP) is 3.64. The molecule has 0 fully saturated rings. The summed E-state index contributed by atoms with van der Waals surface area (Å²) in [7, 11) is -3.57. The fourth-order valence-electron chi connectivity index (χ4n) is 3.25. The molecule has 1 amide bonds. The highest BCUT2D eigenvalue weighted by Gasteiger charge is 2.22. The van der Waals surface area contributed by atoms with E-state index >= 15 is 0 Å². The molecule has 6 nitrogen and oxygen atoms in total. The van der Waals surface area contributed by atoms with E-state index in [1.807, 2.05) is 30.3 Å². The zero-order chi connectivity index (χ0) is 21.4. The Balaban J connectivity index is 2.06. The van der Waals surface area contributed by atoms with Gasteiger partial charge in [0.25, 0.3) is 0 Å². The van der Waals surface area contributed by atoms with Gasteiger partial charge in [-0.3, -0.25) is 4.79 Å². The molecule has 0 aromatic heterocycles. The molecule has 0 saturated heterocycles. The maximum absolute atomic E-state index is 12.7. The van der Waals surface area contributed by atoms with E-state index in [1.54, 1.807) is 32.0 Å². The van der Waals surface area contributed by atoms with Crippen LogP contribution in [0.4, 0.5) is 5.69 Å². The molecule has 29 heavy (non-hydrogen) atoms. The Hall–Kier alpha value is -2.22. The second-order valence-electron chi connectivity index (χ2n) is 7.18. The van der Waals surface area contributed by atoms with Crippen LogP contribution in [0, 0.1) is 5.92 Å². The summed E-state index contributed by atoms with van der Waals surface area (Å²) in [5, 5.41) is 6.09. The van der Waals surface area contributed by atoms with Gasteiger partial charge in [-0.05, 0) is 29.7 Å². The third-order valence-electron chi connectivity index (χ3n) is 4.77. The van der Waals surface area contributed by atoms with Gasteiger partial charge in [-0.25, -0.2) is 8.42 Å². The number of hydrogen-bond donors (Lipinski definition) is 2. The highest BCUT2D eigenvalue weighted by molar-refractivity contribution is 7.89. The Labute approximate surface area is 174 Å². The van der Waals surface area contributed by atoms with Gasteiger partial charge in [0.15, 0.2) is 0 Å². The first-order valence-electron chi connectivity index (χ1n) is 9.98. The molecule has 2 N–H and O–H groups in total. The lowest BCUT2D eigenvalue weighted by Crippen LogP contribution is -2.33. The minimum Gasteiger partial charge on any atom is -0.325 e. The summed E-state index contributed by atoms with van der Waals surface area (Å²) in [5.74, 6) is 0.0942. The van der Waals surface area contributed by atoms with Gasteiger partial charge in [0.05, 0.1) is 11.4 Å². The number of nitrogens with zero attached hydrogens (tertiary/aromatic N) is 1. The molecular formula is C22H31N3O3S. The standard InChI is InChI=1S/C22H31N3O3S/c1-5-25(6-2)29(27,28)20-14-10-13-19(15-20)24-21(26)16-23-22(17(3)4)18-11-8-7-9-12-18/h7-15,17,22-23H,5-6,16H2,1-4H3,(H,24,26)/t22-/m1/s1. The summed E-state index contributed by atoms with van der Waals surface area (Å²) in [5.41, 5.74) is 1.59. The van der Waals surface area contributed by atoms with Crippen molar-refractivity contribution in [2.24, 2.45) is 5.92 Å². The normalized spacial score (nSPS) is 12.9. The molecule has 2 rings (SSSR count). The topological polar surface area (TPSA) is 78.5 Å². The van der Waals surface area contributed by atoms with Crippen molar-refractivity contribution in [1.29, 1.82) is 0 Å². The van der Waals surface area contributed by atoms with E-state index in [-0.39, 0.29) is 23.4 Å². The van der Waals surface area contributed by atoms with E-state index in [2.05, 4.69) is 24.5 Å². The molecular weight excluding hydrogens is 386 g/mol. The Kier molecular flexibility index (Phi) is 8.37. The molecule has 0 heterocycles. The lowest BCUT2D eigenvalue weighted by molar-refractivity contribution is -0.115. The Morgan fingerprint density at radius 2 is 1.66 bits per heavy atom. The van der Waals surface area contributed by atoms with Crippen LogP contribution in [0.2, 0.25) is 0 Å². The van der Waals surface area contributed by atoms with Crippen LogP contribution in [0.1, 0.15) is 39.3 Å². The van der Waals surface area contributed by atoms with Gasteiger partial charge >= 0.3 is 0 Å². The number of nitrogens with one attached hydrogen (secondary N) is 2. The average Bonchev–Trinajstić information content (AvgIpc) is 2.69. The second kappa shape index (κ2) is 10.5. The lowest BCUT2D eigenvalue weighted by Gasteiger charge is -2.23. The zero-order valence-corrected chi connectivity index (χ0v) is 18.4. The van der Waals surface area contributed by atoms with Crippen molar-refractivity contribution in [2.75, 3.05) is 25.0 Å². The van der Waals surface area contributed by atoms with Gasteiger partial charge < -0.3 is 10.6 Å². The van der Waals surface area contributed by atoms with E-state index in [9.17, 15) is 13.2 Å². The van der Waals surface area contributed by atoms with Crippen LogP contribution in [0.5, 0.6) is 0 Å². The Morgan fingerprint density at radius 3 is 2.24 bits per heavy atom. The van der Waals surface area contributed by atoms with Gasteiger partial charge in [-0.15, -0.1) is 0 Å². The predicted molar refractivity (Wildman–Crippen MR) is 117 cm³/mol. The monoisotopic (exact) mass is 417 g/mol. The highest BCUT2D eigenvalue weighted by atomic mass is 32.2. The van der Waals surface area contributed by atoms with E-state index in [0.29, 0.717) is 24.7 Å². The highest BCUT2D eigenvalue weighted by Crippen LogP contribution is 2.22. The van der Waals surface area contributed by atoms with Crippen molar-refractivity contribution < 1.29 is 13.2 Å². The number of hydrogen-bond acceptors (Lipinski definition) is 4. The fraction of sp³-hybridized carbons (Fsp3) is 0.409. The summed E-state index contributed by atoms with van der Waals surface area (Å²) < 4.78 is 26.8. The molecule has 1 atom stereocenters. The van der Waals surface area contributed by atoms with Gasteiger partial charge in [0.1, 0.15) is 0 Å². The van der Waals surface area contributed by atoms with Crippen molar-refractivity contribution >= 4 is 21.6 Å². The SMILES string of the molecule is CCN(CC)S(=O)(=O)c1cccc(NC(=O)CN[C@@H](c2ccccc2)C(C)C)c1. The van der Waals surface area contributed by atoms with E-state index < -0.39 is 10.0 Å². The maximum atomic E-state index is 12.7. The Morgan fingerprint density at radius 1 is 1.00 bits per heavy atom. The summed E-state index contributed by atoms with van der Waals surface area (Å²) in [6.07, 6.45) is 0. The molecule has 2 aromatic rings. The smallest absolute Gasteiger partial charge is 0.243 e. The molecule has 2 aromatic carbocycles. The summed E-state index contributed by atoms with van der Waals surface area (Å²) in [4.78, 5) is 12.6. The van der Waals surface area contributed by atoms with Crippen LogP contribution in [0.15, 0.2) is 59.5 Å². The molecule has 0 aliphatic carbocycles. The number of sulfonamides is 1.